The lowest BCUT2D eigenvalue weighted by atomic mass is 9.98. The molecule has 6 nitrogen and oxygen atoms in total. The molecule has 0 N–H and O–H groups in total. The molecule has 0 saturated heterocycles. The lowest BCUT2D eigenvalue weighted by Crippen LogP contribution is -2.24. The minimum absolute atomic E-state index is 0.143. The van der Waals surface area contributed by atoms with Gasteiger partial charge in [-0.25, -0.2) is 9.69 Å². The Hall–Kier alpha value is -3.64. The fourth-order valence-electron chi connectivity index (χ4n) is 3.84. The number of furan rings is 1. The molecule has 0 spiro atoms. The van der Waals surface area contributed by atoms with Gasteiger partial charge in [-0.2, -0.15) is 10.2 Å². The zero-order chi connectivity index (χ0) is 21.4. The summed E-state index contributed by atoms with van der Waals surface area (Å²) in [5, 5.41) is 11.6. The van der Waals surface area contributed by atoms with Crippen LogP contribution < -0.4 is 0 Å². The number of carbonyl (C=O) groups is 1. The maximum Gasteiger partial charge on any atom is 0.240 e. The average molecular weight is 431 g/mol. The molecule has 1 amide bonds. The number of nitrogens with zero attached hydrogens (tertiary/aromatic N) is 4. The summed E-state index contributed by atoms with van der Waals surface area (Å²) in [6, 6.07) is 20.8. The SMILES string of the molecule is CC(=O)N1N=C(c2ccco2)CC1c1cn(-c2ccccc2)nc1-c1cccc(Cl)c1. The van der Waals surface area contributed by atoms with Crippen molar-refractivity contribution in [3.05, 3.63) is 95.5 Å². The molecule has 2 aromatic carbocycles. The van der Waals surface area contributed by atoms with Gasteiger partial charge < -0.3 is 4.42 Å². The van der Waals surface area contributed by atoms with Crippen molar-refractivity contribution in [1.82, 2.24) is 14.8 Å². The Morgan fingerprint density at radius 2 is 1.94 bits per heavy atom. The van der Waals surface area contributed by atoms with Gasteiger partial charge in [-0.3, -0.25) is 4.79 Å². The third-order valence-electron chi connectivity index (χ3n) is 5.26. The van der Waals surface area contributed by atoms with Crippen molar-refractivity contribution in [3.8, 4) is 16.9 Å². The van der Waals surface area contributed by atoms with E-state index in [-0.39, 0.29) is 11.9 Å². The van der Waals surface area contributed by atoms with E-state index < -0.39 is 0 Å². The molecule has 3 heterocycles. The number of amides is 1. The van der Waals surface area contributed by atoms with Gasteiger partial charge in [-0.15, -0.1) is 0 Å². The number of aromatic nitrogens is 2. The summed E-state index contributed by atoms with van der Waals surface area (Å²) in [5.74, 6) is 0.518. The molecule has 31 heavy (non-hydrogen) atoms. The summed E-state index contributed by atoms with van der Waals surface area (Å²) >= 11 is 6.27. The highest BCUT2D eigenvalue weighted by atomic mass is 35.5. The van der Waals surface area contributed by atoms with Crippen LogP contribution in [0.25, 0.3) is 16.9 Å². The second-order valence-corrected chi connectivity index (χ2v) is 7.77. The Labute approximate surface area is 184 Å². The number of halogens is 1. The van der Waals surface area contributed by atoms with Crippen LogP contribution in [0.2, 0.25) is 5.02 Å². The first-order valence-corrected chi connectivity index (χ1v) is 10.3. The summed E-state index contributed by atoms with van der Waals surface area (Å²) in [7, 11) is 0. The molecule has 5 rings (SSSR count). The zero-order valence-electron chi connectivity index (χ0n) is 16.8. The van der Waals surface area contributed by atoms with Gasteiger partial charge in [-0.05, 0) is 36.4 Å². The second-order valence-electron chi connectivity index (χ2n) is 7.33. The fraction of sp³-hybridized carbons (Fsp3) is 0.125. The number of hydrogen-bond acceptors (Lipinski definition) is 4. The molecule has 1 unspecified atom stereocenters. The van der Waals surface area contributed by atoms with Crippen LogP contribution in [-0.2, 0) is 4.79 Å². The van der Waals surface area contributed by atoms with Crippen molar-refractivity contribution in [2.75, 3.05) is 0 Å². The first kappa shape index (κ1) is 19.3. The number of benzene rings is 2. The van der Waals surface area contributed by atoms with E-state index in [1.165, 1.54) is 11.9 Å². The molecular weight excluding hydrogens is 412 g/mol. The van der Waals surface area contributed by atoms with E-state index in [0.717, 1.165) is 28.2 Å². The number of hydrogen-bond donors (Lipinski definition) is 0. The van der Waals surface area contributed by atoms with Crippen molar-refractivity contribution in [1.29, 1.82) is 0 Å². The molecule has 0 bridgehead atoms. The molecule has 0 aliphatic carbocycles. The van der Waals surface area contributed by atoms with Crippen LogP contribution in [0.1, 0.15) is 30.7 Å². The van der Waals surface area contributed by atoms with E-state index in [2.05, 4.69) is 5.10 Å². The van der Waals surface area contributed by atoms with Crippen molar-refractivity contribution < 1.29 is 9.21 Å². The molecule has 1 atom stereocenters. The predicted molar refractivity (Wildman–Crippen MR) is 119 cm³/mol. The van der Waals surface area contributed by atoms with E-state index in [9.17, 15) is 4.79 Å². The number of carbonyl (C=O) groups excluding carboxylic acids is 1. The topological polar surface area (TPSA) is 63.6 Å². The monoisotopic (exact) mass is 430 g/mol. The van der Waals surface area contributed by atoms with E-state index in [4.69, 9.17) is 21.1 Å². The summed E-state index contributed by atoms with van der Waals surface area (Å²) in [6.45, 7) is 1.52. The molecular formula is C24H19ClN4O2. The maximum atomic E-state index is 12.5. The lowest BCUT2D eigenvalue weighted by molar-refractivity contribution is -0.130. The molecule has 0 radical (unpaired) electrons. The summed E-state index contributed by atoms with van der Waals surface area (Å²) in [6.07, 6.45) is 4.10. The van der Waals surface area contributed by atoms with E-state index in [1.54, 1.807) is 6.26 Å². The van der Waals surface area contributed by atoms with Crippen molar-refractivity contribution in [2.45, 2.75) is 19.4 Å². The van der Waals surface area contributed by atoms with Crippen molar-refractivity contribution >= 4 is 23.2 Å². The minimum atomic E-state index is -0.302. The first-order chi connectivity index (χ1) is 15.1. The van der Waals surface area contributed by atoms with Gasteiger partial charge in [0.25, 0.3) is 0 Å². The molecule has 2 aromatic heterocycles. The predicted octanol–water partition coefficient (Wildman–Crippen LogP) is 5.48. The van der Waals surface area contributed by atoms with E-state index in [1.807, 2.05) is 77.6 Å². The highest BCUT2D eigenvalue weighted by molar-refractivity contribution is 6.30. The largest absolute Gasteiger partial charge is 0.463 e. The molecule has 1 aliphatic heterocycles. The lowest BCUT2D eigenvalue weighted by Gasteiger charge is -2.20. The fourth-order valence-corrected chi connectivity index (χ4v) is 4.03. The van der Waals surface area contributed by atoms with Gasteiger partial charge >= 0.3 is 0 Å². The summed E-state index contributed by atoms with van der Waals surface area (Å²) in [4.78, 5) is 12.5. The van der Waals surface area contributed by atoms with Crippen LogP contribution in [0, 0.1) is 0 Å². The molecule has 154 valence electrons. The summed E-state index contributed by atoms with van der Waals surface area (Å²) < 4.78 is 7.36. The second kappa shape index (κ2) is 7.89. The van der Waals surface area contributed by atoms with Crippen LogP contribution >= 0.6 is 11.6 Å². The third kappa shape index (κ3) is 3.66. The zero-order valence-corrected chi connectivity index (χ0v) is 17.5. The van der Waals surface area contributed by atoms with Crippen molar-refractivity contribution in [2.24, 2.45) is 5.10 Å². The van der Waals surface area contributed by atoms with Crippen LogP contribution in [-0.4, -0.2) is 26.4 Å². The highest BCUT2D eigenvalue weighted by Crippen LogP contribution is 2.38. The Kier molecular flexibility index (Phi) is 4.92. The van der Waals surface area contributed by atoms with Gasteiger partial charge in [0.05, 0.1) is 23.7 Å². The summed E-state index contributed by atoms with van der Waals surface area (Å²) in [5.41, 5.74) is 4.20. The molecule has 4 aromatic rings. The molecule has 7 heteroatoms. The van der Waals surface area contributed by atoms with Crippen LogP contribution in [0.5, 0.6) is 0 Å². The average Bonchev–Trinajstić information content (AvgIpc) is 3.53. The third-order valence-corrected chi connectivity index (χ3v) is 5.49. The molecule has 1 aliphatic rings. The first-order valence-electron chi connectivity index (χ1n) is 9.92. The van der Waals surface area contributed by atoms with Crippen LogP contribution in [0.4, 0.5) is 0 Å². The number of hydrazone groups is 1. The Bertz CT molecular complexity index is 1260. The number of rotatable bonds is 4. The number of para-hydroxylation sites is 1. The standard InChI is InChI=1S/C24H19ClN4O2/c1-16(30)29-22(14-21(26-29)23-11-6-12-31-23)20-15-28(19-9-3-2-4-10-19)27-24(20)17-7-5-8-18(25)13-17/h2-13,15,22H,14H2,1H3. The smallest absolute Gasteiger partial charge is 0.240 e. The van der Waals surface area contributed by atoms with Crippen LogP contribution in [0.15, 0.2) is 88.7 Å². The maximum absolute atomic E-state index is 12.5. The van der Waals surface area contributed by atoms with Gasteiger partial charge in [0, 0.05) is 35.7 Å². The quantitative estimate of drug-likeness (QED) is 0.430. The Morgan fingerprint density at radius 1 is 1.10 bits per heavy atom. The van der Waals surface area contributed by atoms with Gasteiger partial charge in [0.2, 0.25) is 5.91 Å². The van der Waals surface area contributed by atoms with Crippen molar-refractivity contribution in [3.63, 3.8) is 0 Å². The normalized spacial score (nSPS) is 15.9. The van der Waals surface area contributed by atoms with Gasteiger partial charge in [0.15, 0.2) is 0 Å². The van der Waals surface area contributed by atoms with E-state index >= 15 is 0 Å². The minimum Gasteiger partial charge on any atom is -0.463 e. The Balaban J connectivity index is 1.63. The van der Waals surface area contributed by atoms with Crippen LogP contribution in [0.3, 0.4) is 0 Å². The molecule has 0 fully saturated rings. The van der Waals surface area contributed by atoms with Gasteiger partial charge in [-0.1, -0.05) is 41.9 Å². The van der Waals surface area contributed by atoms with E-state index in [0.29, 0.717) is 17.2 Å². The Morgan fingerprint density at radius 3 is 2.65 bits per heavy atom. The van der Waals surface area contributed by atoms with Gasteiger partial charge in [0.1, 0.15) is 11.5 Å². The highest BCUT2D eigenvalue weighted by Gasteiger charge is 2.35. The molecule has 0 saturated carbocycles.